The first kappa shape index (κ1) is 14.2. The van der Waals surface area contributed by atoms with E-state index < -0.39 is 5.91 Å². The third-order valence-electron chi connectivity index (χ3n) is 3.89. The van der Waals surface area contributed by atoms with Gasteiger partial charge in [0.1, 0.15) is 0 Å². The molecule has 4 nitrogen and oxygen atoms in total. The zero-order valence-corrected chi connectivity index (χ0v) is 11.9. The second kappa shape index (κ2) is 5.80. The number of hydrogen-bond acceptors (Lipinski definition) is 3. The average molecular weight is 282 g/mol. The molecule has 0 spiro atoms. The summed E-state index contributed by atoms with van der Waals surface area (Å²) < 4.78 is 0. The second-order valence-electron chi connectivity index (χ2n) is 5.14. The van der Waals surface area contributed by atoms with Crippen molar-refractivity contribution in [3.05, 3.63) is 28.8 Å². The maximum absolute atomic E-state index is 11.6. The fourth-order valence-electron chi connectivity index (χ4n) is 2.86. The van der Waals surface area contributed by atoms with Crippen molar-refractivity contribution in [3.8, 4) is 0 Å². The van der Waals surface area contributed by atoms with Crippen LogP contribution in [-0.4, -0.2) is 25.0 Å². The SMILES string of the molecule is CC1CCCN(c2ccc(Cl)cc2C(N)=O)C1CN. The molecule has 2 unspecified atom stereocenters. The first-order valence-corrected chi connectivity index (χ1v) is 6.98. The van der Waals surface area contributed by atoms with Crippen LogP contribution in [0, 0.1) is 5.92 Å². The predicted molar refractivity (Wildman–Crippen MR) is 78.6 cm³/mol. The van der Waals surface area contributed by atoms with Gasteiger partial charge in [0.25, 0.3) is 5.91 Å². The summed E-state index contributed by atoms with van der Waals surface area (Å²) in [6, 6.07) is 5.53. The van der Waals surface area contributed by atoms with Gasteiger partial charge in [-0.3, -0.25) is 4.79 Å². The van der Waals surface area contributed by atoms with Crippen LogP contribution in [0.2, 0.25) is 5.02 Å². The number of piperidine rings is 1. The average Bonchev–Trinajstić information content (AvgIpc) is 2.38. The van der Waals surface area contributed by atoms with Crippen LogP contribution in [0.3, 0.4) is 0 Å². The molecule has 1 fully saturated rings. The number of rotatable bonds is 3. The van der Waals surface area contributed by atoms with Crippen LogP contribution in [0.1, 0.15) is 30.1 Å². The third-order valence-corrected chi connectivity index (χ3v) is 4.13. The lowest BCUT2D eigenvalue weighted by Crippen LogP contribution is -2.49. The second-order valence-corrected chi connectivity index (χ2v) is 5.58. The highest BCUT2D eigenvalue weighted by Crippen LogP contribution is 2.31. The summed E-state index contributed by atoms with van der Waals surface area (Å²) in [6.45, 7) is 3.67. The van der Waals surface area contributed by atoms with E-state index in [-0.39, 0.29) is 6.04 Å². The van der Waals surface area contributed by atoms with E-state index in [1.807, 2.05) is 6.07 Å². The van der Waals surface area contributed by atoms with Gasteiger partial charge in [-0.05, 0) is 37.0 Å². The summed E-state index contributed by atoms with van der Waals surface area (Å²) in [5.74, 6) is 0.0571. The summed E-state index contributed by atoms with van der Waals surface area (Å²) in [5, 5.41) is 0.520. The van der Waals surface area contributed by atoms with E-state index in [0.29, 0.717) is 23.0 Å². The van der Waals surface area contributed by atoms with E-state index >= 15 is 0 Å². The van der Waals surface area contributed by atoms with Crippen LogP contribution in [0.5, 0.6) is 0 Å². The normalized spacial score (nSPS) is 23.4. The molecule has 0 aromatic heterocycles. The van der Waals surface area contributed by atoms with Crippen LogP contribution < -0.4 is 16.4 Å². The molecule has 1 aliphatic heterocycles. The lowest BCUT2D eigenvalue weighted by molar-refractivity contribution is 0.100. The monoisotopic (exact) mass is 281 g/mol. The first-order valence-electron chi connectivity index (χ1n) is 6.60. The molecule has 1 aromatic rings. The van der Waals surface area contributed by atoms with Gasteiger partial charge in [-0.25, -0.2) is 0 Å². The van der Waals surface area contributed by atoms with Gasteiger partial charge in [-0.2, -0.15) is 0 Å². The molecule has 0 radical (unpaired) electrons. The van der Waals surface area contributed by atoms with E-state index in [0.717, 1.165) is 25.1 Å². The van der Waals surface area contributed by atoms with Crippen molar-refractivity contribution in [2.24, 2.45) is 17.4 Å². The van der Waals surface area contributed by atoms with E-state index in [2.05, 4.69) is 11.8 Å². The van der Waals surface area contributed by atoms with Crippen LogP contribution in [-0.2, 0) is 0 Å². The summed E-state index contributed by atoms with van der Waals surface area (Å²) >= 11 is 5.95. The Balaban J connectivity index is 2.42. The van der Waals surface area contributed by atoms with Crippen molar-refractivity contribution in [1.82, 2.24) is 0 Å². The molecule has 1 heterocycles. The van der Waals surface area contributed by atoms with E-state index in [1.54, 1.807) is 12.1 Å². The van der Waals surface area contributed by atoms with Gasteiger partial charge in [0, 0.05) is 29.8 Å². The minimum absolute atomic E-state index is 0.244. The lowest BCUT2D eigenvalue weighted by atomic mass is 9.90. The maximum Gasteiger partial charge on any atom is 0.250 e. The number of benzene rings is 1. The van der Waals surface area contributed by atoms with Gasteiger partial charge in [0.2, 0.25) is 0 Å². The van der Waals surface area contributed by atoms with Gasteiger partial charge < -0.3 is 16.4 Å². The molecule has 0 bridgehead atoms. The quantitative estimate of drug-likeness (QED) is 0.890. The largest absolute Gasteiger partial charge is 0.366 e. The van der Waals surface area contributed by atoms with Gasteiger partial charge >= 0.3 is 0 Å². The van der Waals surface area contributed by atoms with Crippen LogP contribution in [0.4, 0.5) is 5.69 Å². The Morgan fingerprint density at radius 3 is 2.89 bits per heavy atom. The van der Waals surface area contributed by atoms with Gasteiger partial charge in [-0.15, -0.1) is 0 Å². The zero-order chi connectivity index (χ0) is 14.0. The van der Waals surface area contributed by atoms with Crippen molar-refractivity contribution in [2.45, 2.75) is 25.8 Å². The highest BCUT2D eigenvalue weighted by Gasteiger charge is 2.29. The molecule has 1 aliphatic rings. The number of hydrogen-bond donors (Lipinski definition) is 2. The molecule has 2 rings (SSSR count). The molecule has 4 N–H and O–H groups in total. The number of anilines is 1. The molecule has 104 valence electrons. The Kier molecular flexibility index (Phi) is 4.32. The highest BCUT2D eigenvalue weighted by atomic mass is 35.5. The molecule has 0 aliphatic carbocycles. The Bertz CT molecular complexity index is 478. The molecule has 0 saturated carbocycles. The minimum atomic E-state index is -0.452. The molecular weight excluding hydrogens is 262 g/mol. The molecular formula is C14H20ClN3O. The first-order chi connectivity index (χ1) is 9.04. The van der Waals surface area contributed by atoms with E-state index in [4.69, 9.17) is 23.1 Å². The smallest absolute Gasteiger partial charge is 0.250 e. The number of primary amides is 1. The fraction of sp³-hybridized carbons (Fsp3) is 0.500. The Hall–Kier alpha value is -1.26. The topological polar surface area (TPSA) is 72.3 Å². The van der Waals surface area contributed by atoms with Gasteiger partial charge in [0.15, 0.2) is 0 Å². The van der Waals surface area contributed by atoms with E-state index in [1.165, 1.54) is 0 Å². The summed E-state index contributed by atoms with van der Waals surface area (Å²) in [6.07, 6.45) is 2.26. The number of carbonyl (C=O) groups is 1. The lowest BCUT2D eigenvalue weighted by Gasteiger charge is -2.41. The highest BCUT2D eigenvalue weighted by molar-refractivity contribution is 6.31. The number of carbonyl (C=O) groups excluding carboxylic acids is 1. The number of nitrogens with two attached hydrogens (primary N) is 2. The number of amides is 1. The zero-order valence-electron chi connectivity index (χ0n) is 11.1. The molecule has 1 saturated heterocycles. The minimum Gasteiger partial charge on any atom is -0.366 e. The molecule has 1 aromatic carbocycles. The van der Waals surface area contributed by atoms with Gasteiger partial charge in [0.05, 0.1) is 5.56 Å². The fourth-order valence-corrected chi connectivity index (χ4v) is 3.04. The molecule has 1 amide bonds. The Labute approximate surface area is 118 Å². The standard InChI is InChI=1S/C14H20ClN3O/c1-9-3-2-6-18(13(9)8-16)12-5-4-10(15)7-11(12)14(17)19/h4-5,7,9,13H,2-3,6,8,16H2,1H3,(H2,17,19). The Morgan fingerprint density at radius 1 is 1.53 bits per heavy atom. The third kappa shape index (κ3) is 2.85. The molecule has 19 heavy (non-hydrogen) atoms. The van der Waals surface area contributed by atoms with Crippen LogP contribution in [0.15, 0.2) is 18.2 Å². The summed E-state index contributed by atoms with van der Waals surface area (Å²) in [5.41, 5.74) is 12.7. The summed E-state index contributed by atoms with van der Waals surface area (Å²) in [4.78, 5) is 13.8. The van der Waals surface area contributed by atoms with Crippen molar-refractivity contribution in [3.63, 3.8) is 0 Å². The van der Waals surface area contributed by atoms with E-state index in [9.17, 15) is 4.79 Å². The van der Waals surface area contributed by atoms with Gasteiger partial charge in [-0.1, -0.05) is 18.5 Å². The Morgan fingerprint density at radius 2 is 2.26 bits per heavy atom. The van der Waals surface area contributed by atoms with Crippen molar-refractivity contribution in [1.29, 1.82) is 0 Å². The number of nitrogens with zero attached hydrogens (tertiary/aromatic N) is 1. The van der Waals surface area contributed by atoms with Crippen LogP contribution >= 0.6 is 11.6 Å². The molecule has 5 heteroatoms. The number of halogens is 1. The summed E-state index contributed by atoms with van der Waals surface area (Å²) in [7, 11) is 0. The van der Waals surface area contributed by atoms with Crippen molar-refractivity contribution >= 4 is 23.2 Å². The maximum atomic E-state index is 11.6. The van der Waals surface area contributed by atoms with Crippen LogP contribution in [0.25, 0.3) is 0 Å². The van der Waals surface area contributed by atoms with Crippen molar-refractivity contribution in [2.75, 3.05) is 18.0 Å². The molecule has 2 atom stereocenters. The predicted octanol–water partition coefficient (Wildman–Crippen LogP) is 2.00. The van der Waals surface area contributed by atoms with Crippen molar-refractivity contribution < 1.29 is 4.79 Å².